The summed E-state index contributed by atoms with van der Waals surface area (Å²) in [6.07, 6.45) is 6.21. The molecule has 0 radical (unpaired) electrons. The van der Waals surface area contributed by atoms with Gasteiger partial charge in [0.1, 0.15) is 5.75 Å². The second kappa shape index (κ2) is 9.19. The van der Waals surface area contributed by atoms with E-state index in [9.17, 15) is 9.18 Å². The molecule has 2 aliphatic carbocycles. The molecule has 2 aliphatic heterocycles. The number of hydrogen-bond acceptors (Lipinski definition) is 6. The predicted molar refractivity (Wildman–Crippen MR) is 128 cm³/mol. The fourth-order valence-electron chi connectivity index (χ4n) is 6.53. The number of likely N-dealkylation sites (tertiary alicyclic amines) is 2. The van der Waals surface area contributed by atoms with Gasteiger partial charge in [-0.3, -0.25) is 4.79 Å². The van der Waals surface area contributed by atoms with Crippen LogP contribution in [0.25, 0.3) is 0 Å². The Balaban J connectivity index is 1.00. The Kier molecular flexibility index (Phi) is 6.03. The Labute approximate surface area is 206 Å². The fourth-order valence-corrected chi connectivity index (χ4v) is 6.53. The van der Waals surface area contributed by atoms with Crippen molar-refractivity contribution in [3.63, 3.8) is 0 Å². The van der Waals surface area contributed by atoms with Gasteiger partial charge in [-0.25, -0.2) is 4.39 Å². The molecule has 1 aromatic carbocycles. The van der Waals surface area contributed by atoms with Crippen molar-refractivity contribution < 1.29 is 18.4 Å². The van der Waals surface area contributed by atoms with Crippen molar-refractivity contribution in [1.82, 2.24) is 19.9 Å². The maximum Gasteiger partial charge on any atom is 0.257 e. The van der Waals surface area contributed by atoms with E-state index >= 15 is 0 Å². The zero-order valence-electron chi connectivity index (χ0n) is 20.5. The van der Waals surface area contributed by atoms with Crippen LogP contribution >= 0.6 is 0 Å². The van der Waals surface area contributed by atoms with Crippen LogP contribution in [-0.2, 0) is 11.4 Å². The highest BCUT2D eigenvalue weighted by atomic mass is 19.1. The van der Waals surface area contributed by atoms with Crippen LogP contribution in [0.4, 0.5) is 4.39 Å². The molecule has 1 amide bonds. The van der Waals surface area contributed by atoms with Crippen molar-refractivity contribution in [2.45, 2.75) is 76.6 Å². The lowest BCUT2D eigenvalue weighted by atomic mass is 9.77. The van der Waals surface area contributed by atoms with Crippen LogP contribution in [0.3, 0.4) is 0 Å². The van der Waals surface area contributed by atoms with Crippen molar-refractivity contribution in [3.8, 4) is 5.75 Å². The number of benzene rings is 1. The topological polar surface area (TPSA) is 71.7 Å². The molecule has 1 spiro atoms. The first-order valence-corrected chi connectivity index (χ1v) is 13.2. The summed E-state index contributed by atoms with van der Waals surface area (Å²) in [5.74, 6) is 2.24. The van der Waals surface area contributed by atoms with Crippen LogP contribution in [0.5, 0.6) is 5.75 Å². The summed E-state index contributed by atoms with van der Waals surface area (Å²) in [5, 5.41) is 3.93. The third-order valence-electron chi connectivity index (χ3n) is 8.64. The summed E-state index contributed by atoms with van der Waals surface area (Å²) in [6, 6.07) is 8.90. The number of hydrogen-bond donors (Lipinski definition) is 0. The third kappa shape index (κ3) is 4.69. The van der Waals surface area contributed by atoms with Crippen LogP contribution < -0.4 is 4.74 Å². The fraction of sp³-hybridized carbons (Fsp3) is 0.667. The molecule has 3 heterocycles. The van der Waals surface area contributed by atoms with Crippen LogP contribution in [0.2, 0.25) is 0 Å². The van der Waals surface area contributed by atoms with Crippen molar-refractivity contribution in [2.75, 3.05) is 26.2 Å². The molecule has 0 N–H and O–H groups in total. The molecule has 2 saturated heterocycles. The minimum Gasteiger partial charge on any atom is -0.485 e. The van der Waals surface area contributed by atoms with Gasteiger partial charge >= 0.3 is 0 Å². The molecule has 4 fully saturated rings. The van der Waals surface area contributed by atoms with Gasteiger partial charge < -0.3 is 19.1 Å². The highest BCUT2D eigenvalue weighted by Crippen LogP contribution is 2.49. The summed E-state index contributed by atoms with van der Waals surface area (Å²) in [6.45, 7) is 5.77. The van der Waals surface area contributed by atoms with E-state index in [1.54, 1.807) is 11.8 Å². The highest BCUT2D eigenvalue weighted by molar-refractivity contribution is 5.82. The standard InChI is InChI=1S/C27H35FN4O3/c1-18-29-24(30-35-18)15-34-23-5-3-2-4-22(23)19-9-12-31(13-10-19)21-8-11-27(14-21)16-32(17-27)26(33)25(28)20-6-7-20/h2-5,19-21,25H,6-17H2,1H3/t21-,25?/m1/s1. The summed E-state index contributed by atoms with van der Waals surface area (Å²) < 4.78 is 25.3. The van der Waals surface area contributed by atoms with Gasteiger partial charge in [0.15, 0.2) is 12.8 Å². The number of carbonyl (C=O) groups is 1. The molecule has 7 nitrogen and oxygen atoms in total. The lowest BCUT2D eigenvalue weighted by Crippen LogP contribution is -2.59. The average Bonchev–Trinajstić information content (AvgIpc) is 3.47. The van der Waals surface area contributed by atoms with E-state index in [-0.39, 0.29) is 17.2 Å². The van der Waals surface area contributed by atoms with E-state index in [2.05, 4.69) is 27.2 Å². The normalized spacial score (nSPS) is 25.5. The molecule has 2 aromatic rings. The third-order valence-corrected chi connectivity index (χ3v) is 8.64. The van der Waals surface area contributed by atoms with E-state index in [0.717, 1.165) is 70.5 Å². The molecular weight excluding hydrogens is 447 g/mol. The van der Waals surface area contributed by atoms with Gasteiger partial charge in [-0.05, 0) is 81.5 Å². The smallest absolute Gasteiger partial charge is 0.257 e. The second-order valence-corrected chi connectivity index (χ2v) is 11.2. The number of aromatic nitrogens is 2. The van der Waals surface area contributed by atoms with Gasteiger partial charge in [0.05, 0.1) is 0 Å². The van der Waals surface area contributed by atoms with E-state index < -0.39 is 6.17 Å². The van der Waals surface area contributed by atoms with Gasteiger partial charge in [-0.2, -0.15) is 4.98 Å². The highest BCUT2D eigenvalue weighted by Gasteiger charge is 2.52. The molecule has 6 rings (SSSR count). The molecule has 2 atom stereocenters. The van der Waals surface area contributed by atoms with Crippen LogP contribution in [0.15, 0.2) is 28.8 Å². The quantitative estimate of drug-likeness (QED) is 0.587. The number of amides is 1. The van der Waals surface area contributed by atoms with Crippen molar-refractivity contribution >= 4 is 5.91 Å². The molecular formula is C27H35FN4O3. The molecule has 0 bridgehead atoms. The number of aryl methyl sites for hydroxylation is 1. The Morgan fingerprint density at radius 1 is 1.20 bits per heavy atom. The largest absolute Gasteiger partial charge is 0.485 e. The molecule has 2 saturated carbocycles. The molecule has 8 heteroatoms. The Hall–Kier alpha value is -2.48. The number of para-hydroxylation sites is 1. The predicted octanol–water partition coefficient (Wildman–Crippen LogP) is 4.27. The number of alkyl halides is 1. The molecule has 1 aromatic heterocycles. The van der Waals surface area contributed by atoms with Gasteiger partial charge in [-0.1, -0.05) is 23.4 Å². The Bertz CT molecular complexity index is 1060. The first kappa shape index (κ1) is 23.0. The minimum atomic E-state index is -1.26. The number of rotatable bonds is 7. The maximum absolute atomic E-state index is 14.2. The second-order valence-electron chi connectivity index (χ2n) is 11.2. The Morgan fingerprint density at radius 2 is 1.97 bits per heavy atom. The Morgan fingerprint density at radius 3 is 2.69 bits per heavy atom. The monoisotopic (exact) mass is 482 g/mol. The molecule has 4 aliphatic rings. The van der Waals surface area contributed by atoms with Gasteiger partial charge in [-0.15, -0.1) is 0 Å². The lowest BCUT2D eigenvalue weighted by Gasteiger charge is -2.49. The lowest BCUT2D eigenvalue weighted by molar-refractivity contribution is -0.149. The zero-order valence-corrected chi connectivity index (χ0v) is 20.5. The van der Waals surface area contributed by atoms with Crippen LogP contribution in [0, 0.1) is 18.3 Å². The van der Waals surface area contributed by atoms with E-state index in [1.807, 2.05) is 12.1 Å². The van der Waals surface area contributed by atoms with Crippen molar-refractivity contribution in [1.29, 1.82) is 0 Å². The molecule has 35 heavy (non-hydrogen) atoms. The minimum absolute atomic E-state index is 0.00427. The number of ether oxygens (including phenoxy) is 1. The molecule has 188 valence electrons. The zero-order chi connectivity index (χ0) is 24.0. The van der Waals surface area contributed by atoms with Crippen LogP contribution in [0.1, 0.15) is 68.1 Å². The van der Waals surface area contributed by atoms with Crippen molar-refractivity contribution in [3.05, 3.63) is 41.5 Å². The number of carbonyl (C=O) groups excluding carboxylic acids is 1. The van der Waals surface area contributed by atoms with E-state index in [0.29, 0.717) is 30.3 Å². The van der Waals surface area contributed by atoms with Gasteiger partial charge in [0.2, 0.25) is 11.7 Å². The first-order chi connectivity index (χ1) is 17.0. The van der Waals surface area contributed by atoms with E-state index in [4.69, 9.17) is 9.26 Å². The molecule has 1 unspecified atom stereocenters. The van der Waals surface area contributed by atoms with Crippen molar-refractivity contribution in [2.24, 2.45) is 11.3 Å². The van der Waals surface area contributed by atoms with Crippen LogP contribution in [-0.4, -0.2) is 64.2 Å². The number of nitrogens with zero attached hydrogens (tertiary/aromatic N) is 4. The van der Waals surface area contributed by atoms with Gasteiger partial charge in [0, 0.05) is 31.5 Å². The average molecular weight is 483 g/mol. The summed E-state index contributed by atoms with van der Waals surface area (Å²) in [5.41, 5.74) is 1.49. The first-order valence-electron chi connectivity index (χ1n) is 13.2. The summed E-state index contributed by atoms with van der Waals surface area (Å²) in [4.78, 5) is 21.0. The summed E-state index contributed by atoms with van der Waals surface area (Å²) in [7, 11) is 0. The number of halogens is 1. The van der Waals surface area contributed by atoms with E-state index in [1.165, 1.54) is 12.0 Å². The maximum atomic E-state index is 14.2. The number of piperidine rings is 1. The SMILES string of the molecule is Cc1nc(COc2ccccc2C2CCN([C@@H]3CCC4(C3)CN(C(=O)C(F)C3CC3)C4)CC2)no1. The van der Waals surface area contributed by atoms with Gasteiger partial charge in [0.25, 0.3) is 5.91 Å². The summed E-state index contributed by atoms with van der Waals surface area (Å²) >= 11 is 0.